The molecule has 1 saturated heterocycles. The maximum absolute atomic E-state index is 12.8. The third-order valence-electron chi connectivity index (χ3n) is 10.8. The Balaban J connectivity index is 1.32. The molecule has 1 aromatic carbocycles. The van der Waals surface area contributed by atoms with Crippen molar-refractivity contribution in [3.63, 3.8) is 0 Å². The van der Waals surface area contributed by atoms with Gasteiger partial charge in [-0.2, -0.15) is 0 Å². The maximum Gasteiger partial charge on any atom is 0.141 e. The first-order valence-electron chi connectivity index (χ1n) is 13.5. The first kappa shape index (κ1) is 21.8. The number of carbonyl (C=O) groups is 1. The van der Waals surface area contributed by atoms with Crippen molar-refractivity contribution >= 4 is 11.5 Å². The van der Waals surface area contributed by atoms with Gasteiger partial charge >= 0.3 is 0 Å². The molecule has 1 aliphatic heterocycles. The number of hydrogen-bond donors (Lipinski definition) is 1. The van der Waals surface area contributed by atoms with Crippen molar-refractivity contribution in [2.45, 2.75) is 83.7 Å². The van der Waals surface area contributed by atoms with Crippen molar-refractivity contribution in [2.75, 3.05) is 13.1 Å². The first-order valence-corrected chi connectivity index (χ1v) is 13.5. The summed E-state index contributed by atoms with van der Waals surface area (Å²) in [6.07, 6.45) is 10.3. The van der Waals surface area contributed by atoms with Gasteiger partial charge in [0.25, 0.3) is 0 Å². The lowest BCUT2D eigenvalue weighted by atomic mass is 9.43. The molecular formula is C29H40N2O2. The van der Waals surface area contributed by atoms with Gasteiger partial charge in [0.15, 0.2) is 0 Å². The number of nitrogens with zero attached hydrogens (tertiary/aromatic N) is 1. The van der Waals surface area contributed by atoms with Gasteiger partial charge in [0.2, 0.25) is 0 Å². The van der Waals surface area contributed by atoms with Gasteiger partial charge in [0.1, 0.15) is 11.9 Å². The molecule has 5 fully saturated rings. The Morgan fingerprint density at radius 1 is 0.939 bits per heavy atom. The Morgan fingerprint density at radius 2 is 1.79 bits per heavy atom. The molecule has 0 bridgehead atoms. The lowest BCUT2D eigenvalue weighted by Gasteiger charge is -2.61. The second-order valence-electron chi connectivity index (χ2n) is 12.2. The van der Waals surface area contributed by atoms with Crippen molar-refractivity contribution < 1.29 is 9.63 Å². The SMILES string of the molecule is C[C@]12CCC(=NO[C@H]3CCNC3)C(c3ccccc3)C1CCC1C2CC[C@]2(C)C(=O)CCC12. The van der Waals surface area contributed by atoms with Crippen LogP contribution >= 0.6 is 0 Å². The minimum Gasteiger partial charge on any atom is -0.391 e. The van der Waals surface area contributed by atoms with E-state index in [1.54, 1.807) is 0 Å². The van der Waals surface area contributed by atoms with E-state index in [0.29, 0.717) is 29.0 Å². The quantitative estimate of drug-likeness (QED) is 0.601. The molecule has 0 radical (unpaired) electrons. The molecule has 1 aromatic rings. The van der Waals surface area contributed by atoms with Crippen LogP contribution in [-0.2, 0) is 9.63 Å². The molecule has 4 nitrogen and oxygen atoms in total. The van der Waals surface area contributed by atoms with E-state index in [1.807, 2.05) is 0 Å². The number of nitrogens with one attached hydrogen (secondary N) is 1. The summed E-state index contributed by atoms with van der Waals surface area (Å²) in [5.41, 5.74) is 2.97. The van der Waals surface area contributed by atoms with Crippen LogP contribution < -0.4 is 5.32 Å². The molecule has 5 aliphatic rings. The third-order valence-corrected chi connectivity index (χ3v) is 10.8. The number of hydrogen-bond acceptors (Lipinski definition) is 4. The molecule has 0 spiro atoms. The summed E-state index contributed by atoms with van der Waals surface area (Å²) in [6.45, 7) is 6.84. The summed E-state index contributed by atoms with van der Waals surface area (Å²) >= 11 is 0. The van der Waals surface area contributed by atoms with Crippen molar-refractivity contribution in [2.24, 2.45) is 39.7 Å². The summed E-state index contributed by atoms with van der Waals surface area (Å²) in [4.78, 5) is 18.9. The van der Waals surface area contributed by atoms with E-state index in [9.17, 15) is 4.79 Å². The van der Waals surface area contributed by atoms with E-state index >= 15 is 0 Å². The molecule has 1 heterocycles. The monoisotopic (exact) mass is 448 g/mol. The zero-order chi connectivity index (χ0) is 22.6. The van der Waals surface area contributed by atoms with E-state index < -0.39 is 0 Å². The Labute approximate surface area is 198 Å². The van der Waals surface area contributed by atoms with Crippen LogP contribution in [0.5, 0.6) is 0 Å². The summed E-state index contributed by atoms with van der Waals surface area (Å²) in [7, 11) is 0. The zero-order valence-electron chi connectivity index (χ0n) is 20.4. The standard InChI is InChI=1S/C29H40N2O2/c1-28-16-13-25(31-33-20-14-17-30-18-20)27(19-6-4-3-5-7-19)24(28)9-8-21-22-10-11-26(32)29(22,2)15-12-23(21)28/h3-7,20-24,27,30H,8-18H2,1-2H3/t20-,21?,22?,23?,24?,27?,28+,29-/m0/s1. The third kappa shape index (κ3) is 3.42. The molecule has 8 atom stereocenters. The van der Waals surface area contributed by atoms with E-state index in [4.69, 9.17) is 9.99 Å². The fraction of sp³-hybridized carbons (Fsp3) is 0.724. The summed E-state index contributed by atoms with van der Waals surface area (Å²) in [6, 6.07) is 11.1. The minimum atomic E-state index is -0.0341. The molecule has 0 amide bonds. The molecule has 4 aliphatic carbocycles. The van der Waals surface area contributed by atoms with Crippen molar-refractivity contribution in [1.29, 1.82) is 0 Å². The fourth-order valence-corrected chi connectivity index (χ4v) is 9.01. The van der Waals surface area contributed by atoms with Gasteiger partial charge in [-0.05, 0) is 86.1 Å². The Hall–Kier alpha value is -1.68. The number of oxime groups is 1. The molecule has 6 rings (SSSR count). The lowest BCUT2D eigenvalue weighted by molar-refractivity contribution is -0.137. The second kappa shape index (κ2) is 8.22. The van der Waals surface area contributed by atoms with Gasteiger partial charge in [-0.3, -0.25) is 4.79 Å². The van der Waals surface area contributed by atoms with Gasteiger partial charge in [-0.25, -0.2) is 0 Å². The van der Waals surface area contributed by atoms with Crippen molar-refractivity contribution in [1.82, 2.24) is 5.32 Å². The first-order chi connectivity index (χ1) is 16.0. The molecular weight excluding hydrogens is 408 g/mol. The van der Waals surface area contributed by atoms with Crippen LogP contribution in [0.15, 0.2) is 35.5 Å². The number of Topliss-reactive ketones (excluding diaryl/α,β-unsaturated/α-hetero) is 1. The summed E-state index contributed by atoms with van der Waals surface area (Å²) in [5, 5.41) is 8.25. The summed E-state index contributed by atoms with van der Waals surface area (Å²) < 4.78 is 0. The molecule has 178 valence electrons. The van der Waals surface area contributed by atoms with Crippen LogP contribution in [0, 0.1) is 34.5 Å². The molecule has 1 N–H and O–H groups in total. The molecule has 5 unspecified atom stereocenters. The van der Waals surface area contributed by atoms with Gasteiger partial charge in [-0.15, -0.1) is 0 Å². The van der Waals surface area contributed by atoms with E-state index in [-0.39, 0.29) is 11.5 Å². The topological polar surface area (TPSA) is 50.7 Å². The van der Waals surface area contributed by atoms with Crippen LogP contribution in [0.25, 0.3) is 0 Å². The van der Waals surface area contributed by atoms with Crippen LogP contribution in [0.3, 0.4) is 0 Å². The maximum atomic E-state index is 12.8. The highest BCUT2D eigenvalue weighted by molar-refractivity contribution is 5.92. The fourth-order valence-electron chi connectivity index (χ4n) is 9.01. The Kier molecular flexibility index (Phi) is 5.44. The van der Waals surface area contributed by atoms with Crippen LogP contribution in [0.4, 0.5) is 0 Å². The van der Waals surface area contributed by atoms with Crippen molar-refractivity contribution in [3.05, 3.63) is 35.9 Å². The van der Waals surface area contributed by atoms with Gasteiger partial charge in [0, 0.05) is 30.7 Å². The van der Waals surface area contributed by atoms with Gasteiger partial charge < -0.3 is 10.2 Å². The van der Waals surface area contributed by atoms with Crippen LogP contribution in [0.1, 0.15) is 83.1 Å². The summed E-state index contributed by atoms with van der Waals surface area (Å²) in [5.74, 6) is 3.61. The van der Waals surface area contributed by atoms with E-state index in [2.05, 4.69) is 49.5 Å². The number of benzene rings is 1. The van der Waals surface area contributed by atoms with Crippen LogP contribution in [0.2, 0.25) is 0 Å². The minimum absolute atomic E-state index is 0.0341. The average molecular weight is 449 g/mol. The Morgan fingerprint density at radius 3 is 2.58 bits per heavy atom. The zero-order valence-corrected chi connectivity index (χ0v) is 20.4. The van der Waals surface area contributed by atoms with Gasteiger partial charge in [0.05, 0.1) is 5.71 Å². The lowest BCUT2D eigenvalue weighted by Crippen LogP contribution is -2.55. The molecule has 4 heteroatoms. The van der Waals surface area contributed by atoms with E-state index in [1.165, 1.54) is 37.0 Å². The second-order valence-corrected chi connectivity index (χ2v) is 12.2. The van der Waals surface area contributed by atoms with E-state index in [0.717, 1.165) is 57.0 Å². The number of fused-ring (bicyclic) bond motifs is 5. The number of carbonyl (C=O) groups excluding carboxylic acids is 1. The largest absolute Gasteiger partial charge is 0.391 e. The predicted molar refractivity (Wildman–Crippen MR) is 131 cm³/mol. The number of ketones is 1. The normalized spacial score (nSPS) is 46.0. The number of rotatable bonds is 3. The van der Waals surface area contributed by atoms with Crippen molar-refractivity contribution in [3.8, 4) is 0 Å². The van der Waals surface area contributed by atoms with Crippen LogP contribution in [-0.4, -0.2) is 30.7 Å². The smallest absolute Gasteiger partial charge is 0.141 e. The molecule has 33 heavy (non-hydrogen) atoms. The molecule has 0 aromatic heterocycles. The van der Waals surface area contributed by atoms with Gasteiger partial charge in [-0.1, -0.05) is 49.3 Å². The highest BCUT2D eigenvalue weighted by Crippen LogP contribution is 2.67. The average Bonchev–Trinajstić information content (AvgIpc) is 3.45. The highest BCUT2D eigenvalue weighted by atomic mass is 16.6. The predicted octanol–water partition coefficient (Wildman–Crippen LogP) is 5.73. The molecule has 4 saturated carbocycles. The highest BCUT2D eigenvalue weighted by Gasteiger charge is 2.61. The Bertz CT molecular complexity index is 923.